The largest absolute Gasteiger partial charge is 0.507 e. The first-order chi connectivity index (χ1) is 15.0. The summed E-state index contributed by atoms with van der Waals surface area (Å²) in [7, 11) is 0. The van der Waals surface area contributed by atoms with E-state index in [9.17, 15) is 38.0 Å². The molecule has 6 unspecified atom stereocenters. The first kappa shape index (κ1) is 23.3. The number of benzene rings is 1. The Hall–Kier alpha value is -1.82. The molecule has 2 fully saturated rings. The third kappa shape index (κ3) is 3.16. The van der Waals surface area contributed by atoms with Crippen molar-refractivity contribution in [3.63, 3.8) is 0 Å². The fraction of sp³-hybridized carbons (Fsp3) is 0.667. The first-order valence-corrected chi connectivity index (χ1v) is 11.0. The van der Waals surface area contributed by atoms with Gasteiger partial charge < -0.3 is 20.4 Å². The molecule has 0 aliphatic heterocycles. The van der Waals surface area contributed by atoms with Gasteiger partial charge in [0.2, 0.25) is 0 Å². The van der Waals surface area contributed by atoms with Crippen LogP contribution >= 0.6 is 0 Å². The average Bonchev–Trinajstić information content (AvgIpc) is 3.03. The number of fused-ring (bicyclic) bond motifs is 5. The molecule has 0 spiro atoms. The molecule has 0 heterocycles. The van der Waals surface area contributed by atoms with Gasteiger partial charge in [0.15, 0.2) is 0 Å². The summed E-state index contributed by atoms with van der Waals surface area (Å²) in [5.41, 5.74) is -1.89. The first-order valence-electron chi connectivity index (χ1n) is 11.0. The Labute approximate surface area is 184 Å². The van der Waals surface area contributed by atoms with Gasteiger partial charge in [0.1, 0.15) is 23.6 Å². The Morgan fingerprint density at radius 1 is 1.06 bits per heavy atom. The highest BCUT2D eigenvalue weighted by molar-refractivity contribution is 5.55. The van der Waals surface area contributed by atoms with Crippen molar-refractivity contribution >= 4 is 0 Å². The predicted octanol–water partition coefficient (Wildman–Crippen LogP) is 4.21. The van der Waals surface area contributed by atoms with Crippen molar-refractivity contribution in [2.45, 2.75) is 82.0 Å². The lowest BCUT2D eigenvalue weighted by atomic mass is 9.53. The third-order valence-electron chi connectivity index (χ3n) is 8.56. The van der Waals surface area contributed by atoms with Crippen LogP contribution in [0.4, 0.5) is 17.6 Å². The van der Waals surface area contributed by atoms with Crippen LogP contribution in [0.5, 0.6) is 5.75 Å². The van der Waals surface area contributed by atoms with Gasteiger partial charge in [0, 0.05) is 16.5 Å². The van der Waals surface area contributed by atoms with Crippen molar-refractivity contribution in [2.75, 3.05) is 0 Å². The van der Waals surface area contributed by atoms with Crippen LogP contribution in [0.2, 0.25) is 0 Å². The van der Waals surface area contributed by atoms with Gasteiger partial charge in [0.25, 0.3) is 12.9 Å². The molecular weight excluding hydrogens is 428 g/mol. The predicted molar refractivity (Wildman–Crippen MR) is 108 cm³/mol. The van der Waals surface area contributed by atoms with Crippen LogP contribution in [0.25, 0.3) is 0 Å². The second-order valence-electron chi connectivity index (χ2n) is 9.77. The maximum Gasteiger partial charge on any atom is 0.268 e. The molecule has 0 aromatic heterocycles. The molecule has 2 saturated carbocycles. The van der Waals surface area contributed by atoms with Gasteiger partial charge in [-0.2, -0.15) is 0 Å². The normalized spacial score (nSPS) is 35.7. The highest BCUT2D eigenvalue weighted by Crippen LogP contribution is 2.64. The monoisotopic (exact) mass is 456 g/mol. The smallest absolute Gasteiger partial charge is 0.268 e. The number of aliphatic hydroxyl groups excluding tert-OH is 2. The number of rotatable bonds is 4. The average molecular weight is 456 g/mol. The fourth-order valence-corrected chi connectivity index (χ4v) is 6.83. The Morgan fingerprint density at radius 2 is 1.72 bits per heavy atom. The van der Waals surface area contributed by atoms with E-state index in [2.05, 4.69) is 5.92 Å². The quantitative estimate of drug-likeness (QED) is 0.404. The molecule has 7 atom stereocenters. The summed E-state index contributed by atoms with van der Waals surface area (Å²) in [6.07, 6.45) is -2.38. The van der Waals surface area contributed by atoms with E-state index in [-0.39, 0.29) is 24.2 Å². The Balaban J connectivity index is 1.84. The van der Waals surface area contributed by atoms with Gasteiger partial charge in [-0.05, 0) is 73.5 Å². The van der Waals surface area contributed by atoms with Crippen molar-refractivity contribution in [3.8, 4) is 18.1 Å². The number of hydrogen-bond acceptors (Lipinski definition) is 4. The minimum atomic E-state index is -3.23. The van der Waals surface area contributed by atoms with Crippen molar-refractivity contribution in [1.29, 1.82) is 0 Å². The zero-order chi connectivity index (χ0) is 23.6. The fourth-order valence-electron chi connectivity index (χ4n) is 6.83. The number of phenols is 1. The van der Waals surface area contributed by atoms with E-state index in [1.165, 1.54) is 6.07 Å². The van der Waals surface area contributed by atoms with Crippen molar-refractivity contribution in [2.24, 2.45) is 17.3 Å². The summed E-state index contributed by atoms with van der Waals surface area (Å²) in [5.74, 6) is 1.59. The summed E-state index contributed by atoms with van der Waals surface area (Å²) >= 11 is 0. The molecule has 1 aromatic rings. The van der Waals surface area contributed by atoms with E-state index in [0.29, 0.717) is 43.2 Å². The Kier molecular flexibility index (Phi) is 5.76. The summed E-state index contributed by atoms with van der Waals surface area (Å²) in [4.78, 5) is 0. The molecule has 4 N–H and O–H groups in total. The number of aliphatic hydroxyl groups is 3. The highest BCUT2D eigenvalue weighted by Gasteiger charge is 2.61. The molecule has 0 saturated heterocycles. The molecular formula is C24H28F4O4. The number of hydrogen-bond donors (Lipinski definition) is 4. The molecule has 4 rings (SSSR count). The van der Waals surface area contributed by atoms with E-state index in [1.54, 1.807) is 0 Å². The number of terminal acetylenes is 1. The molecule has 3 aliphatic carbocycles. The molecule has 0 bridgehead atoms. The Morgan fingerprint density at radius 3 is 2.31 bits per heavy atom. The van der Waals surface area contributed by atoms with E-state index < -0.39 is 53.0 Å². The number of aromatic hydroxyl groups is 1. The molecule has 0 radical (unpaired) electrons. The van der Waals surface area contributed by atoms with E-state index >= 15 is 0 Å². The van der Waals surface area contributed by atoms with Crippen LogP contribution < -0.4 is 0 Å². The highest BCUT2D eigenvalue weighted by atomic mass is 19.3. The summed E-state index contributed by atoms with van der Waals surface area (Å²) in [6, 6.07) is 1.30. The lowest BCUT2D eigenvalue weighted by molar-refractivity contribution is -0.0650. The van der Waals surface area contributed by atoms with Gasteiger partial charge in [-0.15, -0.1) is 6.42 Å². The molecule has 3 aliphatic rings. The van der Waals surface area contributed by atoms with Gasteiger partial charge in [-0.1, -0.05) is 12.8 Å². The molecule has 176 valence electrons. The van der Waals surface area contributed by atoms with E-state index in [4.69, 9.17) is 6.42 Å². The minimum absolute atomic E-state index is 0.0428. The number of alkyl halides is 4. The van der Waals surface area contributed by atoms with Crippen molar-refractivity contribution < 1.29 is 38.0 Å². The number of halogens is 4. The molecule has 8 heteroatoms. The maximum atomic E-state index is 13.4. The standard InChI is InChI=1S/C24H28F4O4/c1-3-24(32)9-7-16-12-4-5-13-14(11(12)6-8-23(16,24)2)10-15(19(30)21(25)26)18(29)17(13)20(31)22(27)28/h1,10-12,16,19-22,29-32H,4-9H2,2H3/t11?,12-,16?,19?,20?,23?,24?/m1/s1. The van der Waals surface area contributed by atoms with Gasteiger partial charge in [-0.25, -0.2) is 17.6 Å². The van der Waals surface area contributed by atoms with Crippen LogP contribution in [-0.4, -0.2) is 38.9 Å². The van der Waals surface area contributed by atoms with Crippen LogP contribution in [-0.2, 0) is 6.42 Å². The summed E-state index contributed by atoms with van der Waals surface area (Å²) in [5, 5.41) is 41.7. The van der Waals surface area contributed by atoms with E-state index in [1.807, 2.05) is 6.92 Å². The zero-order valence-electron chi connectivity index (χ0n) is 17.7. The summed E-state index contributed by atoms with van der Waals surface area (Å²) < 4.78 is 53.4. The van der Waals surface area contributed by atoms with Crippen molar-refractivity contribution in [1.82, 2.24) is 0 Å². The van der Waals surface area contributed by atoms with Crippen LogP contribution in [0, 0.1) is 29.6 Å². The van der Waals surface area contributed by atoms with Gasteiger partial charge in [0.05, 0.1) is 0 Å². The van der Waals surface area contributed by atoms with Crippen LogP contribution in [0.3, 0.4) is 0 Å². The number of phenolic OH excluding ortho intramolecular Hbond substituents is 1. The SMILES string of the molecule is C#CC1(O)CCC2[C@@H]3CCc4c(cc(C(O)C(F)F)c(O)c4C(O)C(F)F)C3CCC21C. The molecule has 4 nitrogen and oxygen atoms in total. The van der Waals surface area contributed by atoms with Crippen LogP contribution in [0.1, 0.15) is 79.4 Å². The molecule has 32 heavy (non-hydrogen) atoms. The maximum absolute atomic E-state index is 13.4. The molecule has 0 amide bonds. The molecule has 1 aromatic carbocycles. The lowest BCUT2D eigenvalue weighted by Gasteiger charge is -2.52. The zero-order valence-corrected chi connectivity index (χ0v) is 17.7. The van der Waals surface area contributed by atoms with Gasteiger partial charge >= 0.3 is 0 Å². The minimum Gasteiger partial charge on any atom is -0.507 e. The lowest BCUT2D eigenvalue weighted by Crippen LogP contribution is -2.50. The van der Waals surface area contributed by atoms with Gasteiger partial charge in [-0.3, -0.25) is 0 Å². The topological polar surface area (TPSA) is 80.9 Å². The Bertz CT molecular complexity index is 945. The summed E-state index contributed by atoms with van der Waals surface area (Å²) in [6.45, 7) is 1.98. The van der Waals surface area contributed by atoms with Crippen molar-refractivity contribution in [3.05, 3.63) is 28.3 Å². The second-order valence-corrected chi connectivity index (χ2v) is 9.77. The van der Waals surface area contributed by atoms with Crippen LogP contribution in [0.15, 0.2) is 6.07 Å². The second kappa shape index (κ2) is 7.89. The van der Waals surface area contributed by atoms with E-state index in [0.717, 1.165) is 0 Å². The third-order valence-corrected chi connectivity index (χ3v) is 8.56.